The molecule has 9 atom stereocenters. The minimum Gasteiger partial charge on any atom is -0.550 e. The van der Waals surface area contributed by atoms with Gasteiger partial charge >= 0.3 is 0 Å². The summed E-state index contributed by atoms with van der Waals surface area (Å²) in [6, 6.07) is -12.6. The van der Waals surface area contributed by atoms with E-state index in [2.05, 4.69) is 48.3 Å². The van der Waals surface area contributed by atoms with Gasteiger partial charge in [-0.25, -0.2) is 0 Å². The van der Waals surface area contributed by atoms with Crippen molar-refractivity contribution in [3.8, 4) is 0 Å². The molecule has 0 aliphatic carbocycles. The molecular formula is C38H63N10O13S-. The van der Waals surface area contributed by atoms with Crippen LogP contribution in [-0.4, -0.2) is 132 Å². The van der Waals surface area contributed by atoms with Crippen molar-refractivity contribution >= 4 is 76.9 Å². The Morgan fingerprint density at radius 2 is 1.03 bits per heavy atom. The van der Waals surface area contributed by atoms with E-state index >= 15 is 0 Å². The van der Waals surface area contributed by atoms with Crippen LogP contribution in [0.3, 0.4) is 0 Å². The number of hydrogen-bond donors (Lipinski definition) is 10. The fourth-order valence-electron chi connectivity index (χ4n) is 6.15. The summed E-state index contributed by atoms with van der Waals surface area (Å²) in [7, 11) is 0. The first kappa shape index (κ1) is 54.5. The van der Waals surface area contributed by atoms with Crippen LogP contribution in [0.5, 0.6) is 0 Å². The Morgan fingerprint density at radius 1 is 0.613 bits per heavy atom. The number of nitrogens with two attached hydrogens (primary N) is 1. The average molecular weight is 900 g/mol. The standard InChI is InChI=1S/C38H64N10O13S/c1-7-19(4)30-38(61)47-26(17-29(52)53)37(60)45-24(15-27(40)49)36(59)43-22(11-13-62-6)32(55)46-25(16-28(50)51)34(57)41-20(5)31(54)44-23(14-18(2)3)35(58)42-21(33(56)48-30)10-8-9-12-39/h18-26,30H,7-17,39H2,1-6H3,(H2,40,49)(H,41,57)(H,42,58)(H,43,59)(H,44,54)(H,45,60)(H,46,55)(H,47,61)(H,48,56)(H,50,51)(H,52,53)/p-1/t19-,20-,21-,22-,23-,24-,25-,26-,30-/m0/s1. The maximum atomic E-state index is 13.9. The molecule has 0 saturated carbocycles. The number of amides is 9. The van der Waals surface area contributed by atoms with E-state index in [1.54, 1.807) is 34.0 Å². The van der Waals surface area contributed by atoms with Gasteiger partial charge in [-0.2, -0.15) is 11.8 Å². The van der Waals surface area contributed by atoms with Crippen LogP contribution in [0.4, 0.5) is 0 Å². The summed E-state index contributed by atoms with van der Waals surface area (Å²) in [5.74, 6) is -13.6. The number of carbonyl (C=O) groups excluding carboxylic acids is 11. The lowest BCUT2D eigenvalue weighted by Gasteiger charge is -2.30. The molecule has 0 bridgehead atoms. The lowest BCUT2D eigenvalue weighted by molar-refractivity contribution is -0.368. The Kier molecular flexibility index (Phi) is 24.1. The highest BCUT2D eigenvalue weighted by atomic mass is 32.2. The van der Waals surface area contributed by atoms with Crippen molar-refractivity contribution < 1.29 is 68.7 Å². The fraction of sp³-hybridized carbons (Fsp3) is 0.711. The zero-order valence-corrected chi connectivity index (χ0v) is 36.9. The van der Waals surface area contributed by atoms with Gasteiger partial charge in [-0.15, -0.1) is 0 Å². The summed E-state index contributed by atoms with van der Waals surface area (Å²) in [5.41, 5.74) is 9.14. The minimum absolute atomic E-state index is 0.0536. The molecule has 0 aromatic carbocycles. The molecule has 1 fully saturated rings. The molecule has 0 aromatic rings. The zero-order valence-electron chi connectivity index (χ0n) is 36.1. The molecule has 1 saturated heterocycles. The Balaban J connectivity index is 3.95. The van der Waals surface area contributed by atoms with Gasteiger partial charge in [0.15, 0.2) is 0 Å². The maximum Gasteiger partial charge on any atom is 0.243 e. The average Bonchev–Trinajstić information content (AvgIpc) is 3.18. The largest absolute Gasteiger partial charge is 0.550 e. The third kappa shape index (κ3) is 19.5. The Bertz CT molecular complexity index is 1630. The van der Waals surface area contributed by atoms with E-state index in [0.717, 1.165) is 0 Å². The smallest absolute Gasteiger partial charge is 0.243 e. The SMILES string of the molecule is CC[C@H](C)[C@@H]1NC(=O)[C@H](CCCC[NH3+])NC(=O)[C@H](CC(C)C)NC(=O)[C@H](C)NC(=O)[C@H](CC(=O)[O-])NC(=O)[C@H](CCSC)NC(=O)[C@H](CC(N)=O)NC(=O)[C@H](CC(=O)[O-])NC1=O. The second-order valence-electron chi connectivity index (χ2n) is 15.6. The number of carboxylic acid groups (broad SMARTS) is 2. The molecule has 1 aliphatic rings. The number of carboxylic acids is 2. The van der Waals surface area contributed by atoms with Crippen LogP contribution in [0.25, 0.3) is 0 Å². The normalized spacial score (nSPS) is 25.9. The number of hydrogen-bond acceptors (Lipinski definition) is 14. The molecular weight excluding hydrogens is 837 g/mol. The monoisotopic (exact) mass is 899 g/mol. The van der Waals surface area contributed by atoms with Crippen LogP contribution < -0.4 is 64.2 Å². The summed E-state index contributed by atoms with van der Waals surface area (Å²) in [5, 5.41) is 42.6. The number of thioether (sulfide) groups is 1. The highest BCUT2D eigenvalue weighted by Crippen LogP contribution is 2.13. The molecule has 62 heavy (non-hydrogen) atoms. The van der Waals surface area contributed by atoms with Gasteiger partial charge in [0.05, 0.1) is 13.0 Å². The molecule has 13 N–H and O–H groups in total. The summed E-state index contributed by atoms with van der Waals surface area (Å²) in [6.45, 7) is 8.54. The fourth-order valence-corrected chi connectivity index (χ4v) is 6.62. The molecule has 0 unspecified atom stereocenters. The predicted octanol–water partition coefficient (Wildman–Crippen LogP) is -6.69. The van der Waals surface area contributed by atoms with Gasteiger partial charge in [-0.3, -0.25) is 43.2 Å². The van der Waals surface area contributed by atoms with E-state index in [9.17, 15) is 63.0 Å². The van der Waals surface area contributed by atoms with Gasteiger partial charge < -0.3 is 73.8 Å². The third-order valence-corrected chi connectivity index (χ3v) is 10.4. The zero-order chi connectivity index (χ0) is 47.3. The van der Waals surface area contributed by atoms with Crippen molar-refractivity contribution in [2.45, 2.75) is 141 Å². The number of carbonyl (C=O) groups is 11. The van der Waals surface area contributed by atoms with Gasteiger partial charge in [0.1, 0.15) is 48.3 Å². The van der Waals surface area contributed by atoms with E-state index in [-0.39, 0.29) is 37.4 Å². The van der Waals surface area contributed by atoms with E-state index < -0.39 is 139 Å². The lowest BCUT2D eigenvalue weighted by atomic mass is 9.96. The first-order valence-electron chi connectivity index (χ1n) is 20.4. The van der Waals surface area contributed by atoms with Crippen LogP contribution in [-0.2, 0) is 52.7 Å². The molecule has 23 nitrogen and oxygen atoms in total. The van der Waals surface area contributed by atoms with Gasteiger partial charge in [-0.1, -0.05) is 34.1 Å². The molecule has 0 radical (unpaired) electrons. The van der Waals surface area contributed by atoms with E-state index in [4.69, 9.17) is 5.73 Å². The molecule has 24 heteroatoms. The topological polar surface area (TPSA) is 384 Å². The summed E-state index contributed by atoms with van der Waals surface area (Å²) < 4.78 is 0. The van der Waals surface area contributed by atoms with Crippen LogP contribution >= 0.6 is 11.8 Å². The van der Waals surface area contributed by atoms with Gasteiger partial charge in [-0.05, 0) is 62.9 Å². The highest BCUT2D eigenvalue weighted by molar-refractivity contribution is 7.98. The Labute approximate surface area is 364 Å². The Hall–Kier alpha value is -5.52. The number of nitrogens with one attached hydrogen (secondary N) is 8. The van der Waals surface area contributed by atoms with E-state index in [1.165, 1.54) is 18.7 Å². The van der Waals surface area contributed by atoms with Crippen molar-refractivity contribution in [1.82, 2.24) is 42.5 Å². The second-order valence-corrected chi connectivity index (χ2v) is 16.5. The second kappa shape index (κ2) is 27.4. The molecule has 9 amide bonds. The number of primary amides is 1. The van der Waals surface area contributed by atoms with Gasteiger partial charge in [0.2, 0.25) is 53.2 Å². The molecule has 350 valence electrons. The van der Waals surface area contributed by atoms with E-state index in [0.29, 0.717) is 19.4 Å². The molecule has 0 spiro atoms. The number of aliphatic carboxylic acids is 2. The summed E-state index contributed by atoms with van der Waals surface area (Å²) in [6.07, 6.45) is -0.269. The van der Waals surface area contributed by atoms with Crippen molar-refractivity contribution in [2.75, 3.05) is 18.6 Å². The minimum atomic E-state index is -1.96. The molecule has 1 heterocycles. The van der Waals surface area contributed by atoms with Crippen molar-refractivity contribution in [2.24, 2.45) is 17.6 Å². The van der Waals surface area contributed by atoms with Crippen LogP contribution in [0, 0.1) is 11.8 Å². The predicted molar refractivity (Wildman–Crippen MR) is 218 cm³/mol. The highest BCUT2D eigenvalue weighted by Gasteiger charge is 2.37. The Morgan fingerprint density at radius 3 is 1.50 bits per heavy atom. The summed E-state index contributed by atoms with van der Waals surface area (Å²) in [4.78, 5) is 145. The number of quaternary nitrogens is 1. The van der Waals surface area contributed by atoms with Crippen molar-refractivity contribution in [1.29, 1.82) is 0 Å². The van der Waals surface area contributed by atoms with Gasteiger partial charge in [0.25, 0.3) is 0 Å². The van der Waals surface area contributed by atoms with Crippen molar-refractivity contribution in [3.05, 3.63) is 0 Å². The van der Waals surface area contributed by atoms with Crippen LogP contribution in [0.2, 0.25) is 0 Å². The summed E-state index contributed by atoms with van der Waals surface area (Å²) >= 11 is 1.23. The van der Waals surface area contributed by atoms with Crippen LogP contribution in [0.15, 0.2) is 0 Å². The molecule has 1 rings (SSSR count). The molecule has 0 aromatic heterocycles. The van der Waals surface area contributed by atoms with Gasteiger partial charge in [0, 0.05) is 24.8 Å². The lowest BCUT2D eigenvalue weighted by Crippen LogP contribution is -2.62. The first-order valence-corrected chi connectivity index (χ1v) is 21.8. The number of unbranched alkanes of at least 4 members (excludes halogenated alkanes) is 1. The maximum absolute atomic E-state index is 13.9. The van der Waals surface area contributed by atoms with Crippen LogP contribution in [0.1, 0.15) is 92.4 Å². The van der Waals surface area contributed by atoms with E-state index in [1.807, 2.05) is 0 Å². The number of rotatable bonds is 17. The molecule has 1 aliphatic heterocycles. The van der Waals surface area contributed by atoms with Crippen molar-refractivity contribution in [3.63, 3.8) is 0 Å². The first-order chi connectivity index (χ1) is 29.0. The quantitative estimate of drug-likeness (QED) is 0.0607. The third-order valence-electron chi connectivity index (χ3n) is 9.80.